The first-order chi connectivity index (χ1) is 18.5. The van der Waals surface area contributed by atoms with Gasteiger partial charge in [-0.1, -0.05) is 13.0 Å². The fourth-order valence-corrected chi connectivity index (χ4v) is 4.61. The number of carbonyl (C=O) groups is 1. The molecule has 218 valence electrons. The number of rotatable bonds is 12. The van der Waals surface area contributed by atoms with E-state index in [2.05, 4.69) is 30.0 Å². The fourth-order valence-electron chi connectivity index (χ4n) is 4.61. The van der Waals surface area contributed by atoms with Crippen LogP contribution >= 0.6 is 0 Å². The van der Waals surface area contributed by atoms with Crippen LogP contribution in [0.25, 0.3) is 0 Å². The first-order valence-electron chi connectivity index (χ1n) is 12.8. The van der Waals surface area contributed by atoms with Crippen LogP contribution in [0.2, 0.25) is 0 Å². The van der Waals surface area contributed by atoms with Gasteiger partial charge in [0.1, 0.15) is 5.75 Å². The number of nitrogens with zero attached hydrogens (tertiary/aromatic N) is 1. The Morgan fingerprint density at radius 3 is 2.15 bits per heavy atom. The lowest BCUT2D eigenvalue weighted by Gasteiger charge is -2.34. The molecule has 0 heterocycles. The third-order valence-electron chi connectivity index (χ3n) is 6.51. The lowest BCUT2D eigenvalue weighted by atomic mass is 9.87. The standard InChI is InChI=1S/C27H37NO6.CH4O3S/c1-6-28(22-11-9-20-16-23(30-2)12-10-19(20)15-22)13-7-8-14-34-27(29)21-17-24(31-3)26(33-5)25(18-21)32-4;1-5(2,3)4/h10,12,16-18,22H,6-9,11,13-15H2,1-5H3;1H3,(H,2,3,4). The van der Waals surface area contributed by atoms with E-state index in [1.54, 1.807) is 19.2 Å². The second kappa shape index (κ2) is 15.5. The van der Waals surface area contributed by atoms with E-state index >= 15 is 0 Å². The minimum atomic E-state index is -3.67. The van der Waals surface area contributed by atoms with Crippen molar-refractivity contribution in [3.8, 4) is 23.0 Å². The molecule has 2 aromatic carbocycles. The van der Waals surface area contributed by atoms with Gasteiger partial charge in [-0.2, -0.15) is 8.42 Å². The third-order valence-corrected chi connectivity index (χ3v) is 6.51. The Bertz CT molecular complexity index is 1150. The molecule has 0 saturated carbocycles. The number of unbranched alkanes of at least 4 members (excludes halogenated alkanes) is 1. The number of hydrogen-bond acceptors (Lipinski definition) is 9. The van der Waals surface area contributed by atoms with Crippen molar-refractivity contribution in [2.45, 2.75) is 45.1 Å². The molecule has 2 aromatic rings. The van der Waals surface area contributed by atoms with E-state index in [0.717, 1.165) is 50.9 Å². The SMILES string of the molecule is CCN(CCCCOC(=O)c1cc(OC)c(OC)c(OC)c1)C1CCc2cc(OC)ccc2C1.CS(=O)(=O)O. The molecule has 1 aliphatic rings. The van der Waals surface area contributed by atoms with Gasteiger partial charge in [-0.05, 0) is 80.6 Å². The van der Waals surface area contributed by atoms with Gasteiger partial charge in [0.25, 0.3) is 10.1 Å². The van der Waals surface area contributed by atoms with E-state index < -0.39 is 16.1 Å². The molecule has 0 amide bonds. The van der Waals surface area contributed by atoms with Crippen molar-refractivity contribution in [1.82, 2.24) is 4.90 Å². The summed E-state index contributed by atoms with van der Waals surface area (Å²) in [7, 11) is 2.62. The molecule has 10 nitrogen and oxygen atoms in total. The average Bonchev–Trinajstić information content (AvgIpc) is 2.92. The fraction of sp³-hybridized carbons (Fsp3) is 0.536. The molecule has 0 radical (unpaired) electrons. The van der Waals surface area contributed by atoms with Crippen molar-refractivity contribution in [3.05, 3.63) is 47.0 Å². The molecule has 1 atom stereocenters. The van der Waals surface area contributed by atoms with Crippen LogP contribution < -0.4 is 18.9 Å². The number of ether oxygens (including phenoxy) is 5. The quantitative estimate of drug-likeness (QED) is 0.228. The Morgan fingerprint density at radius 2 is 1.62 bits per heavy atom. The highest BCUT2D eigenvalue weighted by atomic mass is 32.2. The van der Waals surface area contributed by atoms with E-state index in [0.29, 0.717) is 41.7 Å². The number of fused-ring (bicyclic) bond motifs is 1. The predicted molar refractivity (Wildman–Crippen MR) is 149 cm³/mol. The smallest absolute Gasteiger partial charge is 0.338 e. The number of hydrogen-bond donors (Lipinski definition) is 1. The summed E-state index contributed by atoms with van der Waals surface area (Å²) in [5.41, 5.74) is 3.21. The van der Waals surface area contributed by atoms with Crippen LogP contribution in [-0.2, 0) is 27.7 Å². The second-order valence-electron chi connectivity index (χ2n) is 9.15. The van der Waals surface area contributed by atoms with Crippen LogP contribution in [0.4, 0.5) is 0 Å². The van der Waals surface area contributed by atoms with Crippen molar-refractivity contribution in [1.29, 1.82) is 0 Å². The first kappa shape index (κ1) is 32.2. The van der Waals surface area contributed by atoms with Crippen molar-refractivity contribution < 1.29 is 41.4 Å². The van der Waals surface area contributed by atoms with Gasteiger partial charge >= 0.3 is 5.97 Å². The van der Waals surface area contributed by atoms with E-state index in [4.69, 9.17) is 28.2 Å². The number of benzene rings is 2. The molecule has 0 saturated heterocycles. The van der Waals surface area contributed by atoms with Crippen LogP contribution in [-0.4, -0.2) is 84.3 Å². The molecule has 0 fully saturated rings. The molecule has 0 spiro atoms. The lowest BCUT2D eigenvalue weighted by Crippen LogP contribution is -2.39. The Hall–Kier alpha value is -3.02. The van der Waals surface area contributed by atoms with Gasteiger partial charge in [0.05, 0.1) is 46.9 Å². The van der Waals surface area contributed by atoms with Crippen molar-refractivity contribution in [2.24, 2.45) is 0 Å². The maximum Gasteiger partial charge on any atom is 0.338 e. The summed E-state index contributed by atoms with van der Waals surface area (Å²) in [6.07, 6.45) is 5.82. The average molecular weight is 568 g/mol. The monoisotopic (exact) mass is 567 g/mol. The van der Waals surface area contributed by atoms with E-state index in [-0.39, 0.29) is 0 Å². The molecule has 39 heavy (non-hydrogen) atoms. The highest BCUT2D eigenvalue weighted by Gasteiger charge is 2.23. The van der Waals surface area contributed by atoms with Crippen molar-refractivity contribution in [2.75, 3.05) is 54.4 Å². The highest BCUT2D eigenvalue weighted by molar-refractivity contribution is 7.85. The molecular formula is C28H41NO9S. The summed E-state index contributed by atoms with van der Waals surface area (Å²) in [6.45, 7) is 4.60. The second-order valence-corrected chi connectivity index (χ2v) is 10.6. The zero-order valence-corrected chi connectivity index (χ0v) is 24.5. The zero-order chi connectivity index (χ0) is 29.0. The number of carbonyl (C=O) groups excluding carboxylic acids is 1. The Kier molecular flexibility index (Phi) is 12.8. The minimum Gasteiger partial charge on any atom is -0.497 e. The summed E-state index contributed by atoms with van der Waals surface area (Å²) in [4.78, 5) is 15.1. The van der Waals surface area contributed by atoms with Crippen molar-refractivity contribution in [3.63, 3.8) is 0 Å². The van der Waals surface area contributed by atoms with Crippen LogP contribution in [0.3, 0.4) is 0 Å². The van der Waals surface area contributed by atoms with Gasteiger partial charge in [-0.25, -0.2) is 4.79 Å². The largest absolute Gasteiger partial charge is 0.497 e. The van der Waals surface area contributed by atoms with Gasteiger partial charge in [-0.3, -0.25) is 4.55 Å². The Balaban J connectivity index is 0.000000976. The van der Waals surface area contributed by atoms with E-state index in [1.165, 1.54) is 32.5 Å². The molecular weight excluding hydrogens is 526 g/mol. The molecule has 0 aromatic heterocycles. The zero-order valence-electron chi connectivity index (χ0n) is 23.7. The van der Waals surface area contributed by atoms with Gasteiger partial charge < -0.3 is 28.6 Å². The Labute approximate surface area is 231 Å². The van der Waals surface area contributed by atoms with Crippen LogP contribution in [0.1, 0.15) is 47.7 Å². The van der Waals surface area contributed by atoms with Gasteiger partial charge in [0.2, 0.25) is 5.75 Å². The maximum absolute atomic E-state index is 12.6. The van der Waals surface area contributed by atoms with Crippen LogP contribution in [0.15, 0.2) is 30.3 Å². The highest BCUT2D eigenvalue weighted by Crippen LogP contribution is 2.38. The predicted octanol–water partition coefficient (Wildman–Crippen LogP) is 4.04. The molecule has 3 rings (SSSR count). The molecule has 0 aliphatic heterocycles. The maximum atomic E-state index is 12.6. The molecule has 1 aliphatic carbocycles. The summed E-state index contributed by atoms with van der Waals surface area (Å²) in [5.74, 6) is 1.85. The summed E-state index contributed by atoms with van der Waals surface area (Å²) in [6, 6.07) is 10.2. The number of esters is 1. The third kappa shape index (κ3) is 10.2. The summed E-state index contributed by atoms with van der Waals surface area (Å²) in [5, 5.41) is 0. The number of aryl methyl sites for hydroxylation is 1. The normalized spacial score (nSPS) is 14.5. The van der Waals surface area contributed by atoms with Crippen LogP contribution in [0, 0.1) is 0 Å². The topological polar surface area (TPSA) is 121 Å². The first-order valence-corrected chi connectivity index (χ1v) is 14.7. The molecule has 1 N–H and O–H groups in total. The van der Waals surface area contributed by atoms with Crippen molar-refractivity contribution >= 4 is 16.1 Å². The van der Waals surface area contributed by atoms with Gasteiger partial charge in [-0.15, -0.1) is 0 Å². The minimum absolute atomic E-state index is 0.375. The van der Waals surface area contributed by atoms with Gasteiger partial charge in [0, 0.05) is 6.04 Å². The number of likely N-dealkylation sites (N-methyl/N-ethyl adjacent to an activating group) is 1. The molecule has 1 unspecified atom stereocenters. The Morgan fingerprint density at radius 1 is 0.974 bits per heavy atom. The lowest BCUT2D eigenvalue weighted by molar-refractivity contribution is 0.0491. The number of methoxy groups -OCH3 is 4. The summed E-state index contributed by atoms with van der Waals surface area (Å²) >= 11 is 0. The molecule has 0 bridgehead atoms. The van der Waals surface area contributed by atoms with E-state index in [1.807, 2.05) is 0 Å². The van der Waals surface area contributed by atoms with E-state index in [9.17, 15) is 13.2 Å². The molecule has 11 heteroatoms. The van der Waals surface area contributed by atoms with Crippen LogP contribution in [0.5, 0.6) is 23.0 Å². The summed E-state index contributed by atoms with van der Waals surface area (Å²) < 4.78 is 52.7. The van der Waals surface area contributed by atoms with Gasteiger partial charge in [0.15, 0.2) is 11.5 Å².